The van der Waals surface area contributed by atoms with Gasteiger partial charge in [-0.2, -0.15) is 11.8 Å². The molecule has 0 heterocycles. The standard InChI is InChI=1S/C30H38O3S/c1-30-19-27(20-5-10-24(11-6-20)33-16-17-34-2)29-25-13-9-23(32)18-21(25)7-12-26(29)28(30)14-8-22(30)4-3-15-31/h3-6,10-11,18,22,26-28,31H,7-9,12-17,19H2,1-2H3/t22-,26+,27-,28+,30-/m1/s1. The highest BCUT2D eigenvalue weighted by Crippen LogP contribution is 2.65. The van der Waals surface area contributed by atoms with Crippen molar-refractivity contribution in [3.8, 4) is 5.75 Å². The highest BCUT2D eigenvalue weighted by molar-refractivity contribution is 7.98. The summed E-state index contributed by atoms with van der Waals surface area (Å²) in [5, 5.41) is 9.44. The van der Waals surface area contributed by atoms with Crippen LogP contribution < -0.4 is 4.74 Å². The summed E-state index contributed by atoms with van der Waals surface area (Å²) < 4.78 is 5.93. The minimum atomic E-state index is 0.125. The van der Waals surface area contributed by atoms with E-state index in [4.69, 9.17) is 4.74 Å². The first-order valence-electron chi connectivity index (χ1n) is 13.0. The lowest BCUT2D eigenvalue weighted by Gasteiger charge is -2.52. The molecule has 0 amide bonds. The van der Waals surface area contributed by atoms with Crippen molar-refractivity contribution in [2.24, 2.45) is 23.2 Å². The van der Waals surface area contributed by atoms with E-state index in [0.29, 0.717) is 35.9 Å². The first kappa shape index (κ1) is 23.9. The van der Waals surface area contributed by atoms with Crippen LogP contribution in [-0.4, -0.2) is 36.1 Å². The van der Waals surface area contributed by atoms with Gasteiger partial charge in [0.1, 0.15) is 5.75 Å². The summed E-state index contributed by atoms with van der Waals surface area (Å²) in [7, 11) is 0. The van der Waals surface area contributed by atoms with Crippen molar-refractivity contribution >= 4 is 17.5 Å². The molecule has 34 heavy (non-hydrogen) atoms. The van der Waals surface area contributed by atoms with Crippen LogP contribution in [0.4, 0.5) is 0 Å². The van der Waals surface area contributed by atoms with E-state index in [1.165, 1.54) is 36.0 Å². The van der Waals surface area contributed by atoms with Gasteiger partial charge in [-0.3, -0.25) is 4.79 Å². The molecule has 182 valence electrons. The highest BCUT2D eigenvalue weighted by Gasteiger charge is 2.55. The third-order valence-corrected chi connectivity index (χ3v) is 9.69. The molecular formula is C30H38O3S. The number of aliphatic hydroxyl groups is 1. The molecular weight excluding hydrogens is 440 g/mol. The summed E-state index contributed by atoms with van der Waals surface area (Å²) in [6.45, 7) is 3.38. The molecule has 1 aromatic rings. The van der Waals surface area contributed by atoms with Gasteiger partial charge in [0.25, 0.3) is 0 Å². The Morgan fingerprint density at radius 2 is 1.97 bits per heavy atom. The van der Waals surface area contributed by atoms with Crippen LogP contribution in [0, 0.1) is 23.2 Å². The minimum Gasteiger partial charge on any atom is -0.493 e. The molecule has 1 N–H and O–H groups in total. The van der Waals surface area contributed by atoms with Crippen LogP contribution in [0.3, 0.4) is 0 Å². The number of carbonyl (C=O) groups excluding carboxylic acids is 1. The molecule has 4 aliphatic rings. The van der Waals surface area contributed by atoms with E-state index in [0.717, 1.165) is 37.4 Å². The molecule has 0 aromatic heterocycles. The Morgan fingerprint density at radius 1 is 1.15 bits per heavy atom. The van der Waals surface area contributed by atoms with Gasteiger partial charge in [0, 0.05) is 18.1 Å². The Labute approximate surface area is 208 Å². The Kier molecular flexibility index (Phi) is 7.09. The Hall–Kier alpha value is -1.78. The second-order valence-corrected chi connectivity index (χ2v) is 11.8. The first-order chi connectivity index (χ1) is 16.5. The number of allylic oxidation sites excluding steroid dienone is 5. The van der Waals surface area contributed by atoms with Gasteiger partial charge < -0.3 is 9.84 Å². The van der Waals surface area contributed by atoms with Crippen molar-refractivity contribution in [3.05, 3.63) is 64.8 Å². The van der Waals surface area contributed by atoms with Crippen LogP contribution in [0.1, 0.15) is 63.4 Å². The number of benzene rings is 1. The lowest BCUT2D eigenvalue weighted by atomic mass is 9.52. The highest BCUT2D eigenvalue weighted by atomic mass is 32.2. The molecule has 0 bridgehead atoms. The predicted octanol–water partition coefficient (Wildman–Crippen LogP) is 6.49. The molecule has 0 radical (unpaired) electrons. The van der Waals surface area contributed by atoms with Crippen LogP contribution in [0.25, 0.3) is 0 Å². The molecule has 5 rings (SSSR count). The van der Waals surface area contributed by atoms with E-state index in [2.05, 4.69) is 43.5 Å². The van der Waals surface area contributed by atoms with Gasteiger partial charge in [-0.25, -0.2) is 0 Å². The topological polar surface area (TPSA) is 46.5 Å². The fourth-order valence-corrected chi connectivity index (χ4v) is 7.83. The number of thioether (sulfide) groups is 1. The van der Waals surface area contributed by atoms with Gasteiger partial charge in [0.15, 0.2) is 5.78 Å². The molecule has 2 fully saturated rings. The zero-order valence-electron chi connectivity index (χ0n) is 20.6. The van der Waals surface area contributed by atoms with E-state index >= 15 is 0 Å². The number of rotatable bonds is 7. The lowest BCUT2D eigenvalue weighted by Crippen LogP contribution is -2.43. The summed E-state index contributed by atoms with van der Waals surface area (Å²) in [5.74, 6) is 4.46. The molecule has 2 saturated carbocycles. The second kappa shape index (κ2) is 10.1. The van der Waals surface area contributed by atoms with Crippen molar-refractivity contribution in [3.63, 3.8) is 0 Å². The fourth-order valence-electron chi connectivity index (χ4n) is 7.58. The first-order valence-corrected chi connectivity index (χ1v) is 14.4. The van der Waals surface area contributed by atoms with Gasteiger partial charge in [0.2, 0.25) is 0 Å². The van der Waals surface area contributed by atoms with E-state index in [1.54, 1.807) is 17.3 Å². The summed E-state index contributed by atoms with van der Waals surface area (Å²) in [4.78, 5) is 12.2. The van der Waals surface area contributed by atoms with Crippen molar-refractivity contribution in [2.45, 2.75) is 57.8 Å². The number of ketones is 1. The molecule has 3 nitrogen and oxygen atoms in total. The number of aliphatic hydroxyl groups excluding tert-OH is 1. The number of ether oxygens (including phenoxy) is 1. The average molecular weight is 479 g/mol. The number of carbonyl (C=O) groups is 1. The van der Waals surface area contributed by atoms with Gasteiger partial charge in [-0.15, -0.1) is 0 Å². The van der Waals surface area contributed by atoms with Gasteiger partial charge in [0.05, 0.1) is 13.2 Å². The second-order valence-electron chi connectivity index (χ2n) is 10.8. The van der Waals surface area contributed by atoms with E-state index in [-0.39, 0.29) is 12.0 Å². The fraction of sp³-hybridized carbons (Fsp3) is 0.567. The van der Waals surface area contributed by atoms with Gasteiger partial charge in [-0.05, 0) is 103 Å². The third kappa shape index (κ3) is 4.33. The summed E-state index contributed by atoms with van der Waals surface area (Å²) in [5.41, 5.74) is 6.11. The molecule has 4 aliphatic carbocycles. The van der Waals surface area contributed by atoms with E-state index < -0.39 is 0 Å². The van der Waals surface area contributed by atoms with Crippen LogP contribution in [0.2, 0.25) is 0 Å². The Morgan fingerprint density at radius 3 is 2.74 bits per heavy atom. The zero-order chi connectivity index (χ0) is 23.7. The van der Waals surface area contributed by atoms with Crippen molar-refractivity contribution in [2.75, 3.05) is 25.2 Å². The van der Waals surface area contributed by atoms with E-state index in [1.807, 2.05) is 12.2 Å². The van der Waals surface area contributed by atoms with Gasteiger partial charge in [-0.1, -0.05) is 36.8 Å². The minimum absolute atomic E-state index is 0.125. The van der Waals surface area contributed by atoms with E-state index in [9.17, 15) is 9.90 Å². The van der Waals surface area contributed by atoms with Crippen LogP contribution in [-0.2, 0) is 4.79 Å². The smallest absolute Gasteiger partial charge is 0.156 e. The molecule has 0 spiro atoms. The Balaban J connectivity index is 1.54. The zero-order valence-corrected chi connectivity index (χ0v) is 21.4. The predicted molar refractivity (Wildman–Crippen MR) is 140 cm³/mol. The lowest BCUT2D eigenvalue weighted by molar-refractivity contribution is -0.114. The van der Waals surface area contributed by atoms with Gasteiger partial charge >= 0.3 is 0 Å². The number of fused-ring (bicyclic) bond motifs is 4. The summed E-state index contributed by atoms with van der Waals surface area (Å²) >= 11 is 1.80. The molecule has 0 unspecified atom stereocenters. The van der Waals surface area contributed by atoms with Crippen LogP contribution >= 0.6 is 11.8 Å². The van der Waals surface area contributed by atoms with Crippen LogP contribution in [0.15, 0.2) is 59.2 Å². The normalized spacial score (nSPS) is 32.9. The van der Waals surface area contributed by atoms with Crippen molar-refractivity contribution < 1.29 is 14.6 Å². The maximum atomic E-state index is 12.2. The summed E-state index contributed by atoms with van der Waals surface area (Å²) in [6, 6.07) is 8.86. The largest absolute Gasteiger partial charge is 0.493 e. The SMILES string of the molecule is CSCCOc1ccc([C@H]2C[C@]3(C)[C@H](C=CCO)CC[C@H]3[C@@H]3CCC4=CC(=O)CCC4=C32)cc1. The maximum absolute atomic E-state index is 12.2. The van der Waals surface area contributed by atoms with Crippen LogP contribution in [0.5, 0.6) is 5.75 Å². The number of hydrogen-bond donors (Lipinski definition) is 1. The maximum Gasteiger partial charge on any atom is 0.156 e. The molecule has 0 aliphatic heterocycles. The molecule has 4 heteroatoms. The monoisotopic (exact) mass is 478 g/mol. The average Bonchev–Trinajstić information content (AvgIpc) is 3.18. The quantitative estimate of drug-likeness (QED) is 0.359. The molecule has 0 saturated heterocycles. The number of hydrogen-bond acceptors (Lipinski definition) is 4. The Bertz CT molecular complexity index is 1000. The van der Waals surface area contributed by atoms with Crippen molar-refractivity contribution in [1.29, 1.82) is 0 Å². The summed E-state index contributed by atoms with van der Waals surface area (Å²) in [6.07, 6.45) is 15.7. The molecule has 5 atom stereocenters. The molecule has 1 aromatic carbocycles. The third-order valence-electron chi connectivity index (χ3n) is 9.12. The van der Waals surface area contributed by atoms with Crippen molar-refractivity contribution in [1.82, 2.24) is 0 Å².